The number of aromatic nitrogens is 1. The molecule has 1 atom stereocenters. The monoisotopic (exact) mass is 269 g/mol. The van der Waals surface area contributed by atoms with Gasteiger partial charge < -0.3 is 21.7 Å². The number of carbonyl (C=O) groups is 1. The van der Waals surface area contributed by atoms with Gasteiger partial charge in [-0.05, 0) is 20.3 Å². The van der Waals surface area contributed by atoms with Crippen LogP contribution in [0.25, 0.3) is 0 Å². The number of anilines is 2. The van der Waals surface area contributed by atoms with E-state index in [1.165, 1.54) is 11.3 Å². The van der Waals surface area contributed by atoms with Gasteiger partial charge in [-0.15, -0.1) is 0 Å². The minimum Gasteiger partial charge on any atom is -0.382 e. The summed E-state index contributed by atoms with van der Waals surface area (Å²) in [7, 11) is 0. The summed E-state index contributed by atoms with van der Waals surface area (Å²) in [6.45, 7) is 5.47. The molecule has 1 saturated heterocycles. The van der Waals surface area contributed by atoms with Gasteiger partial charge in [0.2, 0.25) is 0 Å². The van der Waals surface area contributed by atoms with E-state index in [9.17, 15) is 4.79 Å². The van der Waals surface area contributed by atoms with Crippen molar-refractivity contribution in [1.29, 1.82) is 0 Å². The maximum atomic E-state index is 11.9. The van der Waals surface area contributed by atoms with E-state index in [0.29, 0.717) is 10.7 Å². The molecule has 18 heavy (non-hydrogen) atoms. The van der Waals surface area contributed by atoms with Crippen LogP contribution >= 0.6 is 11.3 Å². The Labute approximate surface area is 110 Å². The molecule has 0 aliphatic carbocycles. The van der Waals surface area contributed by atoms with Crippen molar-refractivity contribution < 1.29 is 4.79 Å². The number of amides is 1. The molecular formula is C11H19N5OS. The summed E-state index contributed by atoms with van der Waals surface area (Å²) < 4.78 is 0. The third-order valence-electron chi connectivity index (χ3n) is 2.76. The average molecular weight is 269 g/mol. The normalized spacial score (nSPS) is 19.6. The summed E-state index contributed by atoms with van der Waals surface area (Å²) in [6.07, 6.45) is 0.951. The first-order chi connectivity index (χ1) is 8.47. The molecule has 1 aromatic heterocycles. The number of rotatable bonds is 3. The summed E-state index contributed by atoms with van der Waals surface area (Å²) in [5.41, 5.74) is 11.7. The van der Waals surface area contributed by atoms with E-state index < -0.39 is 0 Å². The molecule has 7 heteroatoms. The highest BCUT2D eigenvalue weighted by molar-refractivity contribution is 7.18. The van der Waals surface area contributed by atoms with Crippen LogP contribution in [0.4, 0.5) is 10.9 Å². The molecule has 0 spiro atoms. The second-order valence-corrected chi connectivity index (χ2v) is 5.81. The maximum Gasteiger partial charge on any atom is 0.265 e. The fraction of sp³-hybridized carbons (Fsp3) is 0.636. The van der Waals surface area contributed by atoms with Crippen LogP contribution in [0.5, 0.6) is 0 Å². The highest BCUT2D eigenvalue weighted by Gasteiger charge is 2.24. The molecule has 1 aliphatic heterocycles. The number of nitrogens with zero attached hydrogens (tertiary/aromatic N) is 2. The SMILES string of the molecule is CC(C)NC(=O)c1sc(N2CCC(N)C2)nc1N. The number of thiazole rings is 1. The van der Waals surface area contributed by atoms with Gasteiger partial charge >= 0.3 is 0 Å². The van der Waals surface area contributed by atoms with Gasteiger partial charge in [-0.1, -0.05) is 11.3 Å². The topological polar surface area (TPSA) is 97.3 Å². The Morgan fingerprint density at radius 2 is 2.33 bits per heavy atom. The second-order valence-electron chi connectivity index (χ2n) is 4.83. The zero-order valence-corrected chi connectivity index (χ0v) is 11.5. The van der Waals surface area contributed by atoms with Crippen LogP contribution in [0.2, 0.25) is 0 Å². The van der Waals surface area contributed by atoms with Crippen LogP contribution in [-0.2, 0) is 0 Å². The lowest BCUT2D eigenvalue weighted by atomic mass is 10.3. The molecule has 0 bridgehead atoms. The molecule has 2 rings (SSSR count). The third kappa shape index (κ3) is 2.73. The van der Waals surface area contributed by atoms with Crippen molar-refractivity contribution in [2.24, 2.45) is 5.73 Å². The quantitative estimate of drug-likeness (QED) is 0.738. The molecule has 1 aliphatic rings. The largest absolute Gasteiger partial charge is 0.382 e. The first kappa shape index (κ1) is 13.1. The molecule has 1 amide bonds. The fourth-order valence-corrected chi connectivity index (χ4v) is 2.83. The molecule has 5 N–H and O–H groups in total. The Hall–Kier alpha value is -1.34. The van der Waals surface area contributed by atoms with Crippen molar-refractivity contribution in [2.45, 2.75) is 32.4 Å². The van der Waals surface area contributed by atoms with Gasteiger partial charge in [0.15, 0.2) is 5.13 Å². The third-order valence-corrected chi connectivity index (χ3v) is 3.89. The van der Waals surface area contributed by atoms with Gasteiger partial charge in [-0.25, -0.2) is 4.98 Å². The fourth-order valence-electron chi connectivity index (χ4n) is 1.91. The van der Waals surface area contributed by atoms with Crippen LogP contribution in [0.15, 0.2) is 0 Å². The summed E-state index contributed by atoms with van der Waals surface area (Å²) in [5.74, 6) is 0.142. The predicted molar refractivity (Wildman–Crippen MR) is 73.9 cm³/mol. The molecule has 0 radical (unpaired) electrons. The summed E-state index contributed by atoms with van der Waals surface area (Å²) in [6, 6.07) is 0.269. The van der Waals surface area contributed by atoms with E-state index in [-0.39, 0.29) is 18.0 Å². The number of nitrogens with two attached hydrogens (primary N) is 2. The Bertz CT molecular complexity index is 445. The first-order valence-corrected chi connectivity index (χ1v) is 6.86. The Kier molecular flexibility index (Phi) is 3.72. The summed E-state index contributed by atoms with van der Waals surface area (Å²) >= 11 is 1.33. The number of nitrogens with one attached hydrogen (secondary N) is 1. The van der Waals surface area contributed by atoms with E-state index in [1.807, 2.05) is 13.8 Å². The Morgan fingerprint density at radius 3 is 2.89 bits per heavy atom. The average Bonchev–Trinajstić information content (AvgIpc) is 2.83. The molecule has 0 aromatic carbocycles. The summed E-state index contributed by atoms with van der Waals surface area (Å²) in [5, 5.41) is 3.61. The van der Waals surface area contributed by atoms with Gasteiger partial charge in [-0.2, -0.15) is 0 Å². The predicted octanol–water partition coefficient (Wildman–Crippen LogP) is 0.401. The molecule has 1 fully saturated rings. The maximum absolute atomic E-state index is 11.9. The highest BCUT2D eigenvalue weighted by Crippen LogP contribution is 2.30. The second kappa shape index (κ2) is 5.11. The van der Waals surface area contributed by atoms with Crippen molar-refractivity contribution in [1.82, 2.24) is 10.3 Å². The van der Waals surface area contributed by atoms with Crippen LogP contribution < -0.4 is 21.7 Å². The first-order valence-electron chi connectivity index (χ1n) is 6.05. The number of hydrogen-bond acceptors (Lipinski definition) is 6. The molecule has 1 aromatic rings. The highest BCUT2D eigenvalue weighted by atomic mass is 32.1. The molecule has 6 nitrogen and oxygen atoms in total. The van der Waals surface area contributed by atoms with Crippen molar-refractivity contribution >= 4 is 28.2 Å². The summed E-state index contributed by atoms with van der Waals surface area (Å²) in [4.78, 5) is 18.7. The van der Waals surface area contributed by atoms with Crippen molar-refractivity contribution in [2.75, 3.05) is 23.7 Å². The van der Waals surface area contributed by atoms with E-state index in [1.54, 1.807) is 0 Å². The lowest BCUT2D eigenvalue weighted by Crippen LogP contribution is -2.29. The number of hydrogen-bond donors (Lipinski definition) is 3. The molecule has 2 heterocycles. The molecular weight excluding hydrogens is 250 g/mol. The smallest absolute Gasteiger partial charge is 0.265 e. The van der Waals surface area contributed by atoms with Gasteiger partial charge in [0.1, 0.15) is 10.7 Å². The zero-order valence-electron chi connectivity index (χ0n) is 10.6. The van der Waals surface area contributed by atoms with E-state index in [4.69, 9.17) is 11.5 Å². The van der Waals surface area contributed by atoms with Crippen LogP contribution in [0.3, 0.4) is 0 Å². The molecule has 100 valence electrons. The van der Waals surface area contributed by atoms with Gasteiger partial charge in [0, 0.05) is 25.2 Å². The molecule has 0 saturated carbocycles. The molecule has 1 unspecified atom stereocenters. The number of carbonyl (C=O) groups excluding carboxylic acids is 1. The minimum atomic E-state index is -0.158. The van der Waals surface area contributed by atoms with E-state index >= 15 is 0 Å². The lowest BCUT2D eigenvalue weighted by Gasteiger charge is -2.12. The van der Waals surface area contributed by atoms with Crippen molar-refractivity contribution in [3.05, 3.63) is 4.88 Å². The van der Waals surface area contributed by atoms with E-state index in [0.717, 1.165) is 24.6 Å². The lowest BCUT2D eigenvalue weighted by molar-refractivity contribution is 0.0948. The van der Waals surface area contributed by atoms with Crippen LogP contribution in [0.1, 0.15) is 29.9 Å². The standard InChI is InChI=1S/C11H19N5OS/c1-6(2)14-10(17)8-9(13)15-11(18-8)16-4-3-7(12)5-16/h6-7H,3-5,12-13H2,1-2H3,(H,14,17). The van der Waals surface area contributed by atoms with Gasteiger partial charge in [-0.3, -0.25) is 4.79 Å². The van der Waals surface area contributed by atoms with Gasteiger partial charge in [0.25, 0.3) is 5.91 Å². The number of nitrogen functional groups attached to an aromatic ring is 1. The van der Waals surface area contributed by atoms with E-state index in [2.05, 4.69) is 15.2 Å². The van der Waals surface area contributed by atoms with Crippen LogP contribution in [0, 0.1) is 0 Å². The van der Waals surface area contributed by atoms with Crippen molar-refractivity contribution in [3.63, 3.8) is 0 Å². The zero-order chi connectivity index (χ0) is 13.3. The van der Waals surface area contributed by atoms with Crippen LogP contribution in [-0.4, -0.2) is 36.1 Å². The van der Waals surface area contributed by atoms with Gasteiger partial charge in [0.05, 0.1) is 0 Å². The Morgan fingerprint density at radius 1 is 1.61 bits per heavy atom. The van der Waals surface area contributed by atoms with Crippen molar-refractivity contribution in [3.8, 4) is 0 Å². The minimum absolute atomic E-state index is 0.0858. The Balaban J connectivity index is 2.14.